The molecule has 2 unspecified atom stereocenters. The molecule has 8 atom stereocenters. The predicted octanol–water partition coefficient (Wildman–Crippen LogP) is 5.14. The Morgan fingerprint density at radius 2 is 1.84 bits per heavy atom. The Hall–Kier alpha value is -0.950. The maximum absolute atomic E-state index is 12.0. The van der Waals surface area contributed by atoms with Crippen molar-refractivity contribution < 1.29 is 28.5 Å². The fraction of sp³-hybridized carbons (Fsp3) is 0.885. The van der Waals surface area contributed by atoms with Crippen molar-refractivity contribution in [2.75, 3.05) is 13.2 Å². The predicted molar refractivity (Wildman–Crippen MR) is 121 cm³/mol. The van der Waals surface area contributed by atoms with Crippen molar-refractivity contribution in [3.8, 4) is 0 Å². The van der Waals surface area contributed by atoms with Crippen LogP contribution >= 0.6 is 0 Å². The van der Waals surface area contributed by atoms with Crippen molar-refractivity contribution in [2.45, 2.75) is 115 Å². The van der Waals surface area contributed by atoms with Gasteiger partial charge in [0.1, 0.15) is 6.10 Å². The maximum Gasteiger partial charge on any atom is 0.306 e. The summed E-state index contributed by atoms with van der Waals surface area (Å²) in [6.07, 6.45) is 15.4. The Balaban J connectivity index is 1.45. The lowest BCUT2D eigenvalue weighted by molar-refractivity contribution is -0.194. The molecule has 0 amide bonds. The van der Waals surface area contributed by atoms with Gasteiger partial charge in [-0.25, -0.2) is 0 Å². The van der Waals surface area contributed by atoms with Crippen molar-refractivity contribution in [2.24, 2.45) is 17.8 Å². The minimum atomic E-state index is -0.134. The first-order chi connectivity index (χ1) is 15.6. The zero-order valence-electron chi connectivity index (χ0n) is 19.9. The van der Waals surface area contributed by atoms with Crippen LogP contribution in [-0.4, -0.2) is 50.1 Å². The van der Waals surface area contributed by atoms with Crippen LogP contribution in [0.25, 0.3) is 0 Å². The number of hydrogen-bond donors (Lipinski definition) is 0. The summed E-state index contributed by atoms with van der Waals surface area (Å²) in [4.78, 5) is 12.0. The molecule has 0 aromatic carbocycles. The first-order valence-electron chi connectivity index (χ1n) is 13.1. The van der Waals surface area contributed by atoms with Crippen molar-refractivity contribution in [1.29, 1.82) is 0 Å². The van der Waals surface area contributed by atoms with Gasteiger partial charge in [-0.05, 0) is 50.9 Å². The van der Waals surface area contributed by atoms with Gasteiger partial charge in [-0.3, -0.25) is 4.79 Å². The van der Waals surface area contributed by atoms with Gasteiger partial charge in [0.05, 0.1) is 18.6 Å². The van der Waals surface area contributed by atoms with E-state index in [2.05, 4.69) is 26.0 Å². The molecule has 6 heteroatoms. The summed E-state index contributed by atoms with van der Waals surface area (Å²) in [5.41, 5.74) is 0. The summed E-state index contributed by atoms with van der Waals surface area (Å²) in [6.45, 7) is 6.06. The van der Waals surface area contributed by atoms with E-state index in [4.69, 9.17) is 23.7 Å². The van der Waals surface area contributed by atoms with Crippen LogP contribution < -0.4 is 0 Å². The zero-order chi connectivity index (χ0) is 22.3. The number of carbonyl (C=O) groups is 1. The highest BCUT2D eigenvalue weighted by molar-refractivity contribution is 5.72. The van der Waals surface area contributed by atoms with Gasteiger partial charge in [0.15, 0.2) is 12.6 Å². The second-order valence-electron chi connectivity index (χ2n) is 10.1. The molecule has 3 heterocycles. The van der Waals surface area contributed by atoms with E-state index in [0.717, 1.165) is 64.6 Å². The molecule has 0 aromatic heterocycles. The fourth-order valence-electron chi connectivity index (χ4n) is 5.61. The highest BCUT2D eigenvalue weighted by atomic mass is 16.7. The summed E-state index contributed by atoms with van der Waals surface area (Å²) < 4.78 is 30.2. The molecule has 3 aliphatic heterocycles. The van der Waals surface area contributed by atoms with Gasteiger partial charge >= 0.3 is 5.97 Å². The number of ether oxygens (including phenoxy) is 5. The standard InChI is InChI=1S/C26H42O6/c1-3-4-9-18(2)21(31-25-10-5-7-14-28-25)13-12-19-20-16-24(27)30-23(20)17-22(19)32-26-11-6-8-15-29-26/h12-13,18-23,25-26H,3-11,14-17H2,1-2H3/t18-,19-,20-,21-,22-,23+,25?,26?/m1/s1. The fourth-order valence-corrected chi connectivity index (χ4v) is 5.61. The molecule has 6 nitrogen and oxygen atoms in total. The first kappa shape index (κ1) is 24.2. The molecule has 1 aliphatic carbocycles. The normalized spacial score (nSPS) is 37.4. The van der Waals surface area contributed by atoms with Crippen molar-refractivity contribution in [1.82, 2.24) is 0 Å². The topological polar surface area (TPSA) is 63.2 Å². The molecule has 4 rings (SSSR count). The third-order valence-corrected chi connectivity index (χ3v) is 7.56. The van der Waals surface area contributed by atoms with E-state index in [0.29, 0.717) is 12.3 Å². The minimum absolute atomic E-state index is 0.00769. The molecule has 1 saturated carbocycles. The smallest absolute Gasteiger partial charge is 0.306 e. The Bertz CT molecular complexity index is 609. The quantitative estimate of drug-likeness (QED) is 0.339. The second-order valence-corrected chi connectivity index (χ2v) is 10.1. The molecule has 4 fully saturated rings. The number of hydrogen-bond acceptors (Lipinski definition) is 6. The monoisotopic (exact) mass is 450 g/mol. The van der Waals surface area contributed by atoms with Crippen LogP contribution in [0.5, 0.6) is 0 Å². The highest BCUT2D eigenvalue weighted by Gasteiger charge is 2.50. The second kappa shape index (κ2) is 12.0. The summed E-state index contributed by atoms with van der Waals surface area (Å²) in [6, 6.07) is 0. The largest absolute Gasteiger partial charge is 0.462 e. The van der Waals surface area contributed by atoms with Crippen LogP contribution in [-0.2, 0) is 28.5 Å². The number of fused-ring (bicyclic) bond motifs is 1. The third-order valence-electron chi connectivity index (χ3n) is 7.56. The Morgan fingerprint density at radius 3 is 2.53 bits per heavy atom. The molecule has 32 heavy (non-hydrogen) atoms. The summed E-state index contributed by atoms with van der Waals surface area (Å²) in [5.74, 6) is 0.667. The van der Waals surface area contributed by atoms with Crippen LogP contribution in [0.4, 0.5) is 0 Å². The highest BCUT2D eigenvalue weighted by Crippen LogP contribution is 2.44. The van der Waals surface area contributed by atoms with Gasteiger partial charge in [0, 0.05) is 31.5 Å². The van der Waals surface area contributed by atoms with E-state index in [9.17, 15) is 4.79 Å². The average Bonchev–Trinajstić information content (AvgIpc) is 3.31. The van der Waals surface area contributed by atoms with Crippen molar-refractivity contribution >= 4 is 5.97 Å². The molecular weight excluding hydrogens is 408 g/mol. The minimum Gasteiger partial charge on any atom is -0.462 e. The number of unbranched alkanes of at least 4 members (excludes halogenated alkanes) is 1. The van der Waals surface area contributed by atoms with Gasteiger partial charge in [-0.2, -0.15) is 0 Å². The molecular formula is C26H42O6. The Kier molecular flexibility index (Phi) is 9.04. The van der Waals surface area contributed by atoms with Gasteiger partial charge in [-0.15, -0.1) is 0 Å². The molecule has 0 N–H and O–H groups in total. The average molecular weight is 451 g/mol. The zero-order valence-corrected chi connectivity index (χ0v) is 19.9. The van der Waals surface area contributed by atoms with Crippen LogP contribution in [0, 0.1) is 17.8 Å². The Labute approximate surface area is 193 Å². The van der Waals surface area contributed by atoms with Gasteiger partial charge in [0.25, 0.3) is 0 Å². The Morgan fingerprint density at radius 1 is 1.09 bits per heavy atom. The van der Waals surface area contributed by atoms with Crippen LogP contribution in [0.3, 0.4) is 0 Å². The SMILES string of the molecule is CCCC[C@@H](C)[C@@H](C=C[C@@H]1[C@H]2CC(=O)O[C@H]2C[C@H]1OC1CCCCO1)OC1CCCCO1. The van der Waals surface area contributed by atoms with Gasteiger partial charge in [0.2, 0.25) is 0 Å². The van der Waals surface area contributed by atoms with Gasteiger partial charge in [-0.1, -0.05) is 38.8 Å². The lowest BCUT2D eigenvalue weighted by Gasteiger charge is -2.31. The summed E-state index contributed by atoms with van der Waals surface area (Å²) in [5, 5.41) is 0. The lowest BCUT2D eigenvalue weighted by atomic mass is 9.89. The van der Waals surface area contributed by atoms with E-state index < -0.39 is 0 Å². The summed E-state index contributed by atoms with van der Waals surface area (Å²) >= 11 is 0. The first-order valence-corrected chi connectivity index (χ1v) is 13.1. The van der Waals surface area contributed by atoms with Crippen molar-refractivity contribution in [3.05, 3.63) is 12.2 Å². The molecule has 4 aliphatic rings. The van der Waals surface area contributed by atoms with Crippen molar-refractivity contribution in [3.63, 3.8) is 0 Å². The molecule has 0 aromatic rings. The number of carbonyl (C=O) groups excluding carboxylic acids is 1. The van der Waals surface area contributed by atoms with E-state index in [1.165, 1.54) is 12.8 Å². The number of rotatable bonds is 10. The van der Waals surface area contributed by atoms with E-state index >= 15 is 0 Å². The molecule has 0 bridgehead atoms. The van der Waals surface area contributed by atoms with Crippen LogP contribution in [0.15, 0.2) is 12.2 Å². The third kappa shape index (κ3) is 6.34. The maximum atomic E-state index is 12.0. The summed E-state index contributed by atoms with van der Waals surface area (Å²) in [7, 11) is 0. The molecule has 182 valence electrons. The molecule has 3 saturated heterocycles. The van der Waals surface area contributed by atoms with Gasteiger partial charge < -0.3 is 23.7 Å². The van der Waals surface area contributed by atoms with Crippen LogP contribution in [0.1, 0.15) is 84.5 Å². The number of esters is 1. The van der Waals surface area contributed by atoms with Crippen LogP contribution in [0.2, 0.25) is 0 Å². The van der Waals surface area contributed by atoms with E-state index in [-0.39, 0.29) is 48.7 Å². The molecule has 0 spiro atoms. The van der Waals surface area contributed by atoms with E-state index in [1.807, 2.05) is 0 Å². The lowest BCUT2D eigenvalue weighted by Crippen LogP contribution is -2.32. The molecule has 0 radical (unpaired) electrons. The van der Waals surface area contributed by atoms with E-state index in [1.54, 1.807) is 0 Å².